The van der Waals surface area contributed by atoms with E-state index >= 15 is 0 Å². The number of halogens is 1. The Morgan fingerprint density at radius 3 is 2.86 bits per heavy atom. The van der Waals surface area contributed by atoms with Crippen LogP contribution in [-0.4, -0.2) is 12.1 Å². The average molecular weight is 190 g/mol. The fourth-order valence-corrected chi connectivity index (χ4v) is 1.52. The molecule has 0 unspecified atom stereocenters. The molecule has 0 amide bonds. The van der Waals surface area contributed by atoms with Crippen molar-refractivity contribution in [3.8, 4) is 0 Å². The lowest BCUT2D eigenvalue weighted by Crippen LogP contribution is -1.99. The Morgan fingerprint density at radius 1 is 1.36 bits per heavy atom. The van der Waals surface area contributed by atoms with Crippen LogP contribution in [0.4, 0.5) is 4.39 Å². The van der Waals surface area contributed by atoms with Gasteiger partial charge in [0.15, 0.2) is 5.78 Å². The number of hydrogen-bond donors (Lipinski definition) is 0. The van der Waals surface area contributed by atoms with E-state index in [4.69, 9.17) is 0 Å². The van der Waals surface area contributed by atoms with Gasteiger partial charge in [-0.1, -0.05) is 6.07 Å². The molecular weight excluding hydrogens is 183 g/mol. The third kappa shape index (κ3) is 1.27. The van der Waals surface area contributed by atoms with Crippen LogP contribution in [0, 0.1) is 5.82 Å². The number of rotatable bonds is 2. The predicted octanol–water partition coefficient (Wildman–Crippen LogP) is 1.99. The van der Waals surface area contributed by atoms with Crippen LogP contribution >= 0.6 is 0 Å². The summed E-state index contributed by atoms with van der Waals surface area (Å²) < 4.78 is 12.8. The predicted molar refractivity (Wildman–Crippen MR) is 49.4 cm³/mol. The molecule has 0 atom stereocenters. The number of allylic oxidation sites excluding steroid dienone is 1. The highest BCUT2D eigenvalue weighted by Crippen LogP contribution is 2.26. The zero-order valence-electron chi connectivity index (χ0n) is 7.29. The second kappa shape index (κ2) is 3.18. The highest BCUT2D eigenvalue weighted by atomic mass is 19.1. The number of hydrogen-bond acceptors (Lipinski definition) is 2. The SMILES string of the molecule is O=CCC1=Cc2ccc(F)cc2C1=O. The number of ketones is 1. The minimum absolute atomic E-state index is 0.0924. The van der Waals surface area contributed by atoms with E-state index in [1.165, 1.54) is 12.1 Å². The molecule has 2 nitrogen and oxygen atoms in total. The second-order valence-corrected chi connectivity index (χ2v) is 3.10. The number of benzene rings is 1. The first-order valence-corrected chi connectivity index (χ1v) is 4.21. The summed E-state index contributed by atoms with van der Waals surface area (Å²) in [7, 11) is 0. The molecule has 1 aromatic rings. The molecule has 0 radical (unpaired) electrons. The molecule has 2 rings (SSSR count). The van der Waals surface area contributed by atoms with Crippen molar-refractivity contribution in [2.24, 2.45) is 0 Å². The summed E-state index contributed by atoms with van der Waals surface area (Å²) in [5.74, 6) is -0.676. The van der Waals surface area contributed by atoms with Crippen molar-refractivity contribution in [1.82, 2.24) is 0 Å². The van der Waals surface area contributed by atoms with Gasteiger partial charge in [-0.15, -0.1) is 0 Å². The zero-order chi connectivity index (χ0) is 10.1. The molecule has 14 heavy (non-hydrogen) atoms. The Kier molecular flexibility index (Phi) is 2.00. The average Bonchev–Trinajstić information content (AvgIpc) is 2.46. The molecule has 0 aliphatic heterocycles. The maximum Gasteiger partial charge on any atom is 0.190 e. The van der Waals surface area contributed by atoms with Crippen LogP contribution in [0.2, 0.25) is 0 Å². The quantitative estimate of drug-likeness (QED) is 0.668. The van der Waals surface area contributed by atoms with E-state index in [9.17, 15) is 14.0 Å². The minimum Gasteiger partial charge on any atom is -0.303 e. The van der Waals surface area contributed by atoms with Crippen LogP contribution in [0.15, 0.2) is 23.8 Å². The molecule has 0 spiro atoms. The van der Waals surface area contributed by atoms with E-state index in [1.807, 2.05) is 0 Å². The molecule has 1 aliphatic carbocycles. The van der Waals surface area contributed by atoms with Gasteiger partial charge in [-0.2, -0.15) is 0 Å². The molecule has 0 saturated carbocycles. The largest absolute Gasteiger partial charge is 0.303 e. The van der Waals surface area contributed by atoms with Crippen molar-refractivity contribution in [3.63, 3.8) is 0 Å². The highest BCUT2D eigenvalue weighted by molar-refractivity contribution is 6.18. The van der Waals surface area contributed by atoms with E-state index in [1.54, 1.807) is 12.1 Å². The Labute approximate surface area is 80.0 Å². The monoisotopic (exact) mass is 190 g/mol. The molecule has 1 aliphatic rings. The zero-order valence-corrected chi connectivity index (χ0v) is 7.29. The summed E-state index contributed by atoms with van der Waals surface area (Å²) >= 11 is 0. The molecule has 70 valence electrons. The summed E-state index contributed by atoms with van der Waals surface area (Å²) in [6.45, 7) is 0. The van der Waals surface area contributed by atoms with Gasteiger partial charge in [0.25, 0.3) is 0 Å². The number of Topliss-reactive ketones (excluding diaryl/α,β-unsaturated/α-hetero) is 1. The summed E-state index contributed by atoms with van der Waals surface area (Å²) in [5.41, 5.74) is 1.47. The maximum absolute atomic E-state index is 12.8. The highest BCUT2D eigenvalue weighted by Gasteiger charge is 2.21. The first kappa shape index (κ1) is 8.81. The topological polar surface area (TPSA) is 34.1 Å². The Morgan fingerprint density at radius 2 is 2.14 bits per heavy atom. The summed E-state index contributed by atoms with van der Waals surface area (Å²) in [6, 6.07) is 4.04. The Bertz CT molecular complexity index is 447. The Hall–Kier alpha value is -1.77. The summed E-state index contributed by atoms with van der Waals surface area (Å²) in [4.78, 5) is 21.8. The van der Waals surface area contributed by atoms with E-state index in [0.717, 1.165) is 0 Å². The summed E-state index contributed by atoms with van der Waals surface area (Å²) in [6.07, 6.45) is 2.40. The molecule has 0 heterocycles. The van der Waals surface area contributed by atoms with Gasteiger partial charge < -0.3 is 4.79 Å². The maximum atomic E-state index is 12.8. The van der Waals surface area contributed by atoms with Crippen molar-refractivity contribution in [2.45, 2.75) is 6.42 Å². The van der Waals surface area contributed by atoms with Crippen LogP contribution < -0.4 is 0 Å². The number of aldehydes is 1. The van der Waals surface area contributed by atoms with Gasteiger partial charge >= 0.3 is 0 Å². The van der Waals surface area contributed by atoms with Gasteiger partial charge in [0.2, 0.25) is 0 Å². The second-order valence-electron chi connectivity index (χ2n) is 3.10. The third-order valence-corrected chi connectivity index (χ3v) is 2.18. The molecule has 0 fully saturated rings. The van der Waals surface area contributed by atoms with E-state index in [-0.39, 0.29) is 12.2 Å². The lowest BCUT2D eigenvalue weighted by Gasteiger charge is -1.96. The molecular formula is C11H7FO2. The smallest absolute Gasteiger partial charge is 0.190 e. The van der Waals surface area contributed by atoms with E-state index < -0.39 is 5.82 Å². The van der Waals surface area contributed by atoms with Crippen LogP contribution in [-0.2, 0) is 4.79 Å². The van der Waals surface area contributed by atoms with Gasteiger partial charge in [0.1, 0.15) is 12.1 Å². The van der Waals surface area contributed by atoms with E-state index in [0.29, 0.717) is 23.0 Å². The Balaban J connectivity index is 2.46. The number of carbonyl (C=O) groups excluding carboxylic acids is 2. The van der Waals surface area contributed by atoms with Gasteiger partial charge in [-0.25, -0.2) is 4.39 Å². The van der Waals surface area contributed by atoms with Gasteiger partial charge in [0, 0.05) is 17.6 Å². The van der Waals surface area contributed by atoms with Gasteiger partial charge in [-0.05, 0) is 23.8 Å². The first-order valence-electron chi connectivity index (χ1n) is 4.21. The summed E-state index contributed by atoms with van der Waals surface area (Å²) in [5, 5.41) is 0. The van der Waals surface area contributed by atoms with Crippen LogP contribution in [0.1, 0.15) is 22.3 Å². The fourth-order valence-electron chi connectivity index (χ4n) is 1.52. The molecule has 1 aromatic carbocycles. The molecule has 0 saturated heterocycles. The molecule has 0 N–H and O–H groups in total. The van der Waals surface area contributed by atoms with Crippen molar-refractivity contribution < 1.29 is 14.0 Å². The van der Waals surface area contributed by atoms with Crippen molar-refractivity contribution in [1.29, 1.82) is 0 Å². The minimum atomic E-state index is -0.433. The normalized spacial score (nSPS) is 13.8. The van der Waals surface area contributed by atoms with Gasteiger partial charge in [-0.3, -0.25) is 4.79 Å². The molecule has 3 heteroatoms. The van der Waals surface area contributed by atoms with Crippen molar-refractivity contribution >= 4 is 18.1 Å². The fraction of sp³-hybridized carbons (Fsp3) is 0.0909. The van der Waals surface area contributed by atoms with E-state index in [2.05, 4.69) is 0 Å². The van der Waals surface area contributed by atoms with Crippen LogP contribution in [0.5, 0.6) is 0 Å². The van der Waals surface area contributed by atoms with Crippen LogP contribution in [0.25, 0.3) is 6.08 Å². The van der Waals surface area contributed by atoms with Crippen molar-refractivity contribution in [2.75, 3.05) is 0 Å². The lowest BCUT2D eigenvalue weighted by atomic mass is 10.1. The number of fused-ring (bicyclic) bond motifs is 1. The third-order valence-electron chi connectivity index (χ3n) is 2.18. The molecule has 0 bridgehead atoms. The lowest BCUT2D eigenvalue weighted by molar-refractivity contribution is -0.107. The first-order chi connectivity index (χ1) is 6.72. The number of carbonyl (C=O) groups is 2. The standard InChI is InChI=1S/C11H7FO2/c12-9-2-1-7-5-8(3-4-13)11(14)10(7)6-9/h1-2,4-6H,3H2. The van der Waals surface area contributed by atoms with Crippen molar-refractivity contribution in [3.05, 3.63) is 40.7 Å². The molecule has 0 aromatic heterocycles. The van der Waals surface area contributed by atoms with Gasteiger partial charge in [0.05, 0.1) is 0 Å². The van der Waals surface area contributed by atoms with Crippen LogP contribution in [0.3, 0.4) is 0 Å².